The number of hydrogen-bond donors (Lipinski definition) is 0. The molecule has 62 heavy (non-hydrogen) atoms. The van der Waals surface area contributed by atoms with Gasteiger partial charge in [-0.3, -0.25) is 0 Å². The summed E-state index contributed by atoms with van der Waals surface area (Å²) in [4.78, 5) is 16.0. The minimum absolute atomic E-state index is 0.675. The fraction of sp³-hybridized carbons (Fsp3) is 0. The third kappa shape index (κ3) is 7.02. The van der Waals surface area contributed by atoms with Gasteiger partial charge in [-0.05, 0) is 51.1 Å². The van der Waals surface area contributed by atoms with E-state index in [0.717, 1.165) is 77.9 Å². The van der Waals surface area contributed by atoms with E-state index in [9.17, 15) is 0 Å². The molecule has 0 radical (unpaired) electrons. The van der Waals surface area contributed by atoms with Crippen LogP contribution in [0.3, 0.4) is 0 Å². The van der Waals surface area contributed by atoms with Crippen molar-refractivity contribution in [2.75, 3.05) is 0 Å². The molecule has 0 amide bonds. The zero-order chi connectivity index (χ0) is 41.2. The van der Waals surface area contributed by atoms with Gasteiger partial charge in [-0.2, -0.15) is 0 Å². The van der Waals surface area contributed by atoms with Crippen LogP contribution in [-0.2, 0) is 0 Å². The third-order valence-electron chi connectivity index (χ3n) is 11.7. The first kappa shape index (κ1) is 36.8. The molecule has 0 saturated carbocycles. The van der Waals surface area contributed by atoms with Gasteiger partial charge >= 0.3 is 0 Å². The molecule has 0 N–H and O–H groups in total. The molecule has 0 aliphatic carbocycles. The van der Waals surface area contributed by atoms with Crippen molar-refractivity contribution >= 4 is 21.7 Å². The van der Waals surface area contributed by atoms with Crippen molar-refractivity contribution in [3.63, 3.8) is 0 Å². The Morgan fingerprint density at radius 1 is 0.242 bits per heavy atom. The van der Waals surface area contributed by atoms with Crippen LogP contribution in [-0.4, -0.2) is 15.0 Å². The van der Waals surface area contributed by atoms with Crippen molar-refractivity contribution in [3.8, 4) is 89.7 Å². The highest BCUT2D eigenvalue weighted by Crippen LogP contribution is 2.42. The van der Waals surface area contributed by atoms with Crippen LogP contribution in [0.2, 0.25) is 0 Å². The SMILES string of the molecule is c1ccc(-c2ccc(-c3cc(-c4cccc(-c5cccc6c5nc(-c5ccccc5)c5cccc(-c7ccccc7)c56)c4)nc(-c4ccc(-c5ccccc5)cc4)n3)cc2)cc1. The van der Waals surface area contributed by atoms with Crippen LogP contribution in [0.15, 0.2) is 237 Å². The highest BCUT2D eigenvalue weighted by molar-refractivity contribution is 6.19. The first-order chi connectivity index (χ1) is 30.7. The van der Waals surface area contributed by atoms with Crippen molar-refractivity contribution in [3.05, 3.63) is 237 Å². The van der Waals surface area contributed by atoms with Crippen molar-refractivity contribution in [2.45, 2.75) is 0 Å². The lowest BCUT2D eigenvalue weighted by Gasteiger charge is -2.16. The zero-order valence-corrected chi connectivity index (χ0v) is 33.9. The Balaban J connectivity index is 1.07. The minimum atomic E-state index is 0.675. The van der Waals surface area contributed by atoms with Crippen LogP contribution in [0, 0.1) is 0 Å². The fourth-order valence-corrected chi connectivity index (χ4v) is 8.61. The molecule has 9 aromatic carbocycles. The number of fused-ring (bicyclic) bond motifs is 3. The third-order valence-corrected chi connectivity index (χ3v) is 11.7. The lowest BCUT2D eigenvalue weighted by atomic mass is 9.91. The van der Waals surface area contributed by atoms with Gasteiger partial charge in [0.2, 0.25) is 0 Å². The molecule has 3 heteroatoms. The van der Waals surface area contributed by atoms with E-state index >= 15 is 0 Å². The topological polar surface area (TPSA) is 38.7 Å². The summed E-state index contributed by atoms with van der Waals surface area (Å²) in [6, 6.07) is 83.3. The van der Waals surface area contributed by atoms with Gasteiger partial charge in [0.25, 0.3) is 0 Å². The average Bonchev–Trinajstić information content (AvgIpc) is 3.37. The Bertz CT molecular complexity index is 3250. The van der Waals surface area contributed by atoms with E-state index in [-0.39, 0.29) is 0 Å². The molecular formula is C59H39N3. The van der Waals surface area contributed by atoms with Gasteiger partial charge in [-0.1, -0.05) is 224 Å². The van der Waals surface area contributed by atoms with Crippen LogP contribution in [0.4, 0.5) is 0 Å². The van der Waals surface area contributed by atoms with Crippen molar-refractivity contribution < 1.29 is 0 Å². The number of rotatable bonds is 8. The van der Waals surface area contributed by atoms with Gasteiger partial charge in [-0.15, -0.1) is 0 Å². The maximum atomic E-state index is 5.53. The molecule has 0 unspecified atom stereocenters. The largest absolute Gasteiger partial charge is 0.246 e. The van der Waals surface area contributed by atoms with E-state index in [1.807, 2.05) is 12.1 Å². The molecule has 11 aromatic rings. The maximum Gasteiger partial charge on any atom is 0.160 e. The monoisotopic (exact) mass is 789 g/mol. The first-order valence-corrected chi connectivity index (χ1v) is 21.0. The van der Waals surface area contributed by atoms with E-state index in [0.29, 0.717) is 5.82 Å². The lowest BCUT2D eigenvalue weighted by Crippen LogP contribution is -1.97. The molecule has 2 heterocycles. The Morgan fingerprint density at radius 2 is 0.677 bits per heavy atom. The molecule has 0 atom stereocenters. The molecule has 0 bridgehead atoms. The van der Waals surface area contributed by atoms with Crippen molar-refractivity contribution in [2.24, 2.45) is 0 Å². The summed E-state index contributed by atoms with van der Waals surface area (Å²) in [5.41, 5.74) is 16.9. The quantitative estimate of drug-likeness (QED) is 0.144. The molecule has 0 fully saturated rings. The second-order valence-electron chi connectivity index (χ2n) is 15.6. The highest BCUT2D eigenvalue weighted by atomic mass is 14.9. The van der Waals surface area contributed by atoms with Gasteiger partial charge in [0, 0.05) is 44.0 Å². The fourth-order valence-electron chi connectivity index (χ4n) is 8.61. The summed E-state index contributed by atoms with van der Waals surface area (Å²) < 4.78 is 0. The molecule has 0 aliphatic rings. The predicted octanol–water partition coefficient (Wildman–Crippen LogP) is 15.5. The van der Waals surface area contributed by atoms with E-state index in [1.165, 1.54) is 27.6 Å². The summed E-state index contributed by atoms with van der Waals surface area (Å²) in [5.74, 6) is 0.675. The molecule has 0 aliphatic heterocycles. The molecule has 0 saturated heterocycles. The summed E-state index contributed by atoms with van der Waals surface area (Å²) in [7, 11) is 0. The second kappa shape index (κ2) is 16.1. The molecular weight excluding hydrogens is 751 g/mol. The van der Waals surface area contributed by atoms with Crippen LogP contribution >= 0.6 is 0 Å². The normalized spacial score (nSPS) is 11.2. The number of hydrogen-bond acceptors (Lipinski definition) is 3. The predicted molar refractivity (Wildman–Crippen MR) is 258 cm³/mol. The Kier molecular flexibility index (Phi) is 9.53. The Labute approximate surface area is 361 Å². The standard InChI is InChI=1S/C59H39N3/c1-5-16-40(17-6-1)42-30-34-45(35-31-42)54-39-55(61-59(60-54)47-36-32-43(33-37-47)41-18-7-2-8-19-41)49-25-13-24-48(38-49)51-27-15-29-53-56-50(44-20-9-3-10-21-44)26-14-28-52(56)57(62-58(51)53)46-22-11-4-12-23-46/h1-39H. The Hall–Kier alpha value is -8.27. The van der Waals surface area contributed by atoms with Crippen LogP contribution in [0.5, 0.6) is 0 Å². The summed E-state index contributed by atoms with van der Waals surface area (Å²) in [6.07, 6.45) is 0. The van der Waals surface area contributed by atoms with Gasteiger partial charge in [-0.25, -0.2) is 15.0 Å². The van der Waals surface area contributed by atoms with E-state index in [2.05, 4.69) is 224 Å². The molecule has 2 aromatic heterocycles. The summed E-state index contributed by atoms with van der Waals surface area (Å²) >= 11 is 0. The average molecular weight is 790 g/mol. The molecule has 0 spiro atoms. The zero-order valence-electron chi connectivity index (χ0n) is 33.9. The van der Waals surface area contributed by atoms with Gasteiger partial charge in [0.15, 0.2) is 5.82 Å². The van der Waals surface area contributed by atoms with E-state index < -0.39 is 0 Å². The maximum absolute atomic E-state index is 5.53. The highest BCUT2D eigenvalue weighted by Gasteiger charge is 2.18. The number of nitrogens with zero attached hydrogens (tertiary/aromatic N) is 3. The second-order valence-corrected chi connectivity index (χ2v) is 15.6. The van der Waals surface area contributed by atoms with Crippen LogP contribution in [0.25, 0.3) is 111 Å². The van der Waals surface area contributed by atoms with Crippen LogP contribution in [0.1, 0.15) is 0 Å². The summed E-state index contributed by atoms with van der Waals surface area (Å²) in [6.45, 7) is 0. The molecule has 3 nitrogen and oxygen atoms in total. The Morgan fingerprint density at radius 3 is 1.29 bits per heavy atom. The van der Waals surface area contributed by atoms with Gasteiger partial charge in [0.05, 0.1) is 22.6 Å². The number of para-hydroxylation sites is 1. The van der Waals surface area contributed by atoms with Crippen molar-refractivity contribution in [1.82, 2.24) is 15.0 Å². The van der Waals surface area contributed by atoms with E-state index in [1.54, 1.807) is 0 Å². The smallest absolute Gasteiger partial charge is 0.160 e. The number of benzene rings is 9. The number of aromatic nitrogens is 3. The number of pyridine rings is 1. The van der Waals surface area contributed by atoms with Gasteiger partial charge in [0.1, 0.15) is 0 Å². The molecule has 11 rings (SSSR count). The van der Waals surface area contributed by atoms with Gasteiger partial charge < -0.3 is 0 Å². The van der Waals surface area contributed by atoms with E-state index in [4.69, 9.17) is 15.0 Å². The minimum Gasteiger partial charge on any atom is -0.246 e. The lowest BCUT2D eigenvalue weighted by molar-refractivity contribution is 1.18. The van der Waals surface area contributed by atoms with Crippen LogP contribution < -0.4 is 0 Å². The van der Waals surface area contributed by atoms with Crippen molar-refractivity contribution in [1.29, 1.82) is 0 Å². The summed E-state index contributed by atoms with van der Waals surface area (Å²) in [5, 5.41) is 3.44. The first-order valence-electron chi connectivity index (χ1n) is 21.0. The molecule has 290 valence electrons.